The molecule has 4 aromatic carbocycles. The summed E-state index contributed by atoms with van der Waals surface area (Å²) >= 11 is 0. The van der Waals surface area contributed by atoms with Gasteiger partial charge < -0.3 is 5.32 Å². The largest absolute Gasteiger partial charge is 0.326 e. The smallest absolute Gasteiger partial charge is 0.221 e. The molecule has 0 unspecified atom stereocenters. The Morgan fingerprint density at radius 1 is 0.552 bits per heavy atom. The maximum atomic E-state index is 11.5. The van der Waals surface area contributed by atoms with Gasteiger partial charge in [0.1, 0.15) is 6.15 Å². The summed E-state index contributed by atoms with van der Waals surface area (Å²) in [4.78, 5) is 11.5. The van der Waals surface area contributed by atoms with Crippen LogP contribution in [0.2, 0.25) is 0 Å². The average molecular weight is 376 g/mol. The fraction of sp³-hybridized carbons (Fsp3) is 0.0385. The van der Waals surface area contributed by atoms with E-state index in [1.165, 1.54) is 28.8 Å². The zero-order valence-electron chi connectivity index (χ0n) is 16.5. The number of rotatable bonds is 5. The van der Waals surface area contributed by atoms with Gasteiger partial charge in [0.2, 0.25) is 5.91 Å². The normalized spacial score (nSPS) is 11.1. The molecule has 0 atom stereocenters. The van der Waals surface area contributed by atoms with Crippen LogP contribution in [-0.4, -0.2) is 12.1 Å². The molecule has 4 aromatic rings. The average Bonchev–Trinajstić information content (AvgIpc) is 2.77. The number of carbonyl (C=O) groups excluding carboxylic acids is 1. The summed E-state index contributed by atoms with van der Waals surface area (Å²) in [5.74, 6) is -0.0660. The standard InChI is InChI=1S/C26H23BNO/c1-21(29)28-26-19-17-25(18-20-26)27(22-11-5-2-6-12-22,23-13-7-3-8-14-23)24-15-9-4-10-16-24/h2-20H,1H3,(H,28,29)/q-1. The van der Waals surface area contributed by atoms with E-state index in [0.717, 1.165) is 5.69 Å². The molecule has 0 aliphatic rings. The van der Waals surface area contributed by atoms with Crippen LogP contribution in [0.15, 0.2) is 115 Å². The van der Waals surface area contributed by atoms with Gasteiger partial charge in [-0.3, -0.25) is 4.79 Å². The highest BCUT2D eigenvalue weighted by atomic mass is 16.1. The predicted octanol–water partition coefficient (Wildman–Crippen LogP) is 3.02. The van der Waals surface area contributed by atoms with Crippen LogP contribution in [0.3, 0.4) is 0 Å². The van der Waals surface area contributed by atoms with Gasteiger partial charge in [-0.2, -0.15) is 21.9 Å². The molecule has 0 saturated carbocycles. The third-order valence-corrected chi connectivity index (χ3v) is 5.63. The van der Waals surface area contributed by atoms with Gasteiger partial charge in [-0.1, -0.05) is 103 Å². The van der Waals surface area contributed by atoms with Crippen molar-refractivity contribution in [2.45, 2.75) is 6.92 Å². The molecule has 4 rings (SSSR count). The van der Waals surface area contributed by atoms with Crippen LogP contribution in [0.4, 0.5) is 5.69 Å². The lowest BCUT2D eigenvalue weighted by Gasteiger charge is -2.44. The molecule has 0 heterocycles. The van der Waals surface area contributed by atoms with E-state index < -0.39 is 6.15 Å². The Kier molecular flexibility index (Phi) is 5.30. The summed E-state index contributed by atoms with van der Waals surface area (Å²) in [5, 5.41) is 2.87. The van der Waals surface area contributed by atoms with Gasteiger partial charge in [-0.25, -0.2) is 0 Å². The summed E-state index contributed by atoms with van der Waals surface area (Å²) in [6.07, 6.45) is -1.37. The van der Waals surface area contributed by atoms with Crippen molar-refractivity contribution in [3.8, 4) is 0 Å². The summed E-state index contributed by atoms with van der Waals surface area (Å²) in [5.41, 5.74) is 5.80. The van der Waals surface area contributed by atoms with E-state index in [1.54, 1.807) is 0 Å². The number of anilines is 1. The van der Waals surface area contributed by atoms with Crippen molar-refractivity contribution < 1.29 is 4.79 Å². The Bertz CT molecular complexity index is 981. The topological polar surface area (TPSA) is 29.1 Å². The Balaban J connectivity index is 2.02. The summed E-state index contributed by atoms with van der Waals surface area (Å²) in [6.45, 7) is 1.53. The van der Waals surface area contributed by atoms with Crippen molar-refractivity contribution in [2.75, 3.05) is 5.32 Å². The van der Waals surface area contributed by atoms with Gasteiger partial charge >= 0.3 is 0 Å². The van der Waals surface area contributed by atoms with Crippen molar-refractivity contribution in [1.82, 2.24) is 0 Å². The SMILES string of the molecule is CC(=O)Nc1ccc([B-](c2ccccc2)(c2ccccc2)c2ccccc2)cc1. The first-order chi connectivity index (χ1) is 14.2. The zero-order chi connectivity index (χ0) is 20.1. The fourth-order valence-corrected chi connectivity index (χ4v) is 4.44. The molecule has 0 bridgehead atoms. The third-order valence-electron chi connectivity index (χ3n) is 5.63. The Hall–Kier alpha value is -3.59. The van der Waals surface area contributed by atoms with Gasteiger partial charge in [-0.15, -0.1) is 0 Å². The van der Waals surface area contributed by atoms with Gasteiger partial charge in [0.25, 0.3) is 0 Å². The lowest BCUT2D eigenvalue weighted by Crippen LogP contribution is -2.74. The first kappa shape index (κ1) is 18.8. The van der Waals surface area contributed by atoms with E-state index in [-0.39, 0.29) is 5.91 Å². The highest BCUT2D eigenvalue weighted by Gasteiger charge is 2.31. The monoisotopic (exact) mass is 376 g/mol. The third kappa shape index (κ3) is 3.59. The van der Waals surface area contributed by atoms with E-state index in [1.807, 2.05) is 12.1 Å². The Morgan fingerprint density at radius 2 is 0.897 bits per heavy atom. The van der Waals surface area contributed by atoms with Crippen LogP contribution in [0.5, 0.6) is 0 Å². The fourth-order valence-electron chi connectivity index (χ4n) is 4.44. The molecular formula is C26H23BNO-. The van der Waals surface area contributed by atoms with E-state index in [9.17, 15) is 4.79 Å². The minimum absolute atomic E-state index is 0.0660. The summed E-state index contributed by atoms with van der Waals surface area (Å²) in [7, 11) is 0. The molecule has 0 radical (unpaired) electrons. The number of hydrogen-bond acceptors (Lipinski definition) is 1. The number of nitrogens with one attached hydrogen (secondary N) is 1. The van der Waals surface area contributed by atoms with Crippen molar-refractivity contribution in [3.63, 3.8) is 0 Å². The number of carbonyl (C=O) groups is 1. The summed E-state index contributed by atoms with van der Waals surface area (Å²) in [6, 6.07) is 40.3. The second-order valence-corrected chi connectivity index (χ2v) is 7.40. The lowest BCUT2D eigenvalue weighted by atomic mass is 9.13. The zero-order valence-corrected chi connectivity index (χ0v) is 16.5. The molecule has 0 spiro atoms. The number of benzene rings is 4. The van der Waals surface area contributed by atoms with Gasteiger partial charge in [0.15, 0.2) is 0 Å². The second-order valence-electron chi connectivity index (χ2n) is 7.40. The van der Waals surface area contributed by atoms with Crippen molar-refractivity contribution in [2.24, 2.45) is 0 Å². The lowest BCUT2D eigenvalue weighted by molar-refractivity contribution is -0.114. The highest BCUT2D eigenvalue weighted by Crippen LogP contribution is 2.12. The molecule has 0 aromatic heterocycles. The summed E-state index contributed by atoms with van der Waals surface area (Å²) < 4.78 is 0. The molecule has 29 heavy (non-hydrogen) atoms. The van der Waals surface area contributed by atoms with E-state index in [0.29, 0.717) is 0 Å². The first-order valence-corrected chi connectivity index (χ1v) is 9.91. The quantitative estimate of drug-likeness (QED) is 0.533. The van der Waals surface area contributed by atoms with Gasteiger partial charge in [-0.05, 0) is 12.1 Å². The highest BCUT2D eigenvalue weighted by molar-refractivity contribution is 7.19. The molecular weight excluding hydrogens is 353 g/mol. The van der Waals surface area contributed by atoms with Crippen LogP contribution < -0.4 is 27.2 Å². The van der Waals surface area contributed by atoms with Crippen LogP contribution in [0.25, 0.3) is 0 Å². The molecule has 0 aliphatic carbocycles. The molecule has 142 valence electrons. The first-order valence-electron chi connectivity index (χ1n) is 9.91. The van der Waals surface area contributed by atoms with E-state index in [4.69, 9.17) is 0 Å². The van der Waals surface area contributed by atoms with Gasteiger partial charge in [0, 0.05) is 12.6 Å². The Morgan fingerprint density at radius 3 is 1.24 bits per heavy atom. The molecule has 2 nitrogen and oxygen atoms in total. The van der Waals surface area contributed by atoms with Crippen molar-refractivity contribution in [3.05, 3.63) is 115 Å². The molecule has 1 N–H and O–H groups in total. The van der Waals surface area contributed by atoms with Crippen LogP contribution in [-0.2, 0) is 4.79 Å². The number of hydrogen-bond donors (Lipinski definition) is 1. The maximum Gasteiger partial charge on any atom is 0.221 e. The molecule has 0 aliphatic heterocycles. The van der Waals surface area contributed by atoms with E-state index in [2.05, 4.69) is 108 Å². The molecule has 1 amide bonds. The number of amides is 1. The maximum absolute atomic E-state index is 11.5. The van der Waals surface area contributed by atoms with Crippen LogP contribution in [0.1, 0.15) is 6.92 Å². The minimum atomic E-state index is -1.37. The van der Waals surface area contributed by atoms with E-state index >= 15 is 0 Å². The molecule has 0 saturated heterocycles. The Labute approximate surface area is 172 Å². The predicted molar refractivity (Wildman–Crippen MR) is 124 cm³/mol. The van der Waals surface area contributed by atoms with Crippen molar-refractivity contribution in [1.29, 1.82) is 0 Å². The molecule has 0 fully saturated rings. The second kappa shape index (κ2) is 8.20. The minimum Gasteiger partial charge on any atom is -0.326 e. The van der Waals surface area contributed by atoms with Crippen LogP contribution in [0, 0.1) is 0 Å². The van der Waals surface area contributed by atoms with Crippen LogP contribution >= 0.6 is 0 Å². The van der Waals surface area contributed by atoms with Gasteiger partial charge in [0.05, 0.1) is 0 Å². The van der Waals surface area contributed by atoms with Crippen molar-refractivity contribution >= 4 is 39.6 Å². The molecule has 3 heteroatoms.